The lowest BCUT2D eigenvalue weighted by Crippen LogP contribution is -2.56. The molecule has 4 aliphatic carbocycles. The number of carbonyl (C=O) groups is 1. The molecule has 4 heteroatoms. The lowest BCUT2D eigenvalue weighted by atomic mass is 9.48. The Morgan fingerprint density at radius 3 is 2.30 bits per heavy atom. The largest absolute Gasteiger partial charge is 0.396 e. The highest BCUT2D eigenvalue weighted by atomic mass is 32.2. The second kappa shape index (κ2) is 5.88. The second-order valence-corrected chi connectivity index (χ2v) is 8.45. The first-order valence-electron chi connectivity index (χ1n) is 8.09. The summed E-state index contributed by atoms with van der Waals surface area (Å²) in [6.45, 7) is 2.38. The highest BCUT2D eigenvalue weighted by molar-refractivity contribution is 7.99. The van der Waals surface area contributed by atoms with Crippen LogP contribution in [0.4, 0.5) is 0 Å². The van der Waals surface area contributed by atoms with Crippen LogP contribution in [0.15, 0.2) is 0 Å². The summed E-state index contributed by atoms with van der Waals surface area (Å²) >= 11 is 1.52. The van der Waals surface area contributed by atoms with Crippen molar-refractivity contribution in [3.05, 3.63) is 0 Å². The van der Waals surface area contributed by atoms with Crippen LogP contribution in [0.3, 0.4) is 0 Å². The summed E-state index contributed by atoms with van der Waals surface area (Å²) in [5.74, 6) is 4.08. The third-order valence-corrected chi connectivity index (χ3v) is 6.79. The molecule has 114 valence electrons. The monoisotopic (exact) mass is 297 g/mol. The van der Waals surface area contributed by atoms with Gasteiger partial charge >= 0.3 is 0 Å². The SMILES string of the molecule is C[C@H](NC(=O)CSCCO)C12CC3CC(CC(C3)C1)C2. The molecule has 4 fully saturated rings. The van der Waals surface area contributed by atoms with Gasteiger partial charge in [0.15, 0.2) is 0 Å². The van der Waals surface area contributed by atoms with E-state index in [2.05, 4.69) is 12.2 Å². The second-order valence-electron chi connectivity index (χ2n) is 7.35. The van der Waals surface area contributed by atoms with Crippen LogP contribution in [0, 0.1) is 23.2 Å². The standard InChI is InChI=1S/C16H27NO2S/c1-11(17-15(19)10-20-3-2-18)16-7-12-4-13(8-16)6-14(5-12)9-16/h11-14,18H,2-10H2,1H3,(H,17,19)/t11-,12?,13?,14?,16?/m0/s1. The molecule has 0 aromatic heterocycles. The van der Waals surface area contributed by atoms with Gasteiger partial charge in [-0.3, -0.25) is 4.79 Å². The zero-order valence-electron chi connectivity index (χ0n) is 12.4. The average Bonchev–Trinajstić information content (AvgIpc) is 2.37. The molecule has 1 atom stereocenters. The maximum Gasteiger partial charge on any atom is 0.230 e. The topological polar surface area (TPSA) is 49.3 Å². The van der Waals surface area contributed by atoms with Gasteiger partial charge in [0.1, 0.15) is 0 Å². The predicted octanol–water partition coefficient (Wildman–Crippen LogP) is 2.43. The number of amides is 1. The van der Waals surface area contributed by atoms with Crippen LogP contribution in [-0.4, -0.2) is 35.2 Å². The minimum absolute atomic E-state index is 0.145. The third-order valence-electron chi connectivity index (χ3n) is 5.85. The van der Waals surface area contributed by atoms with Gasteiger partial charge in [-0.1, -0.05) is 0 Å². The van der Waals surface area contributed by atoms with E-state index in [4.69, 9.17) is 5.11 Å². The summed E-state index contributed by atoms with van der Waals surface area (Å²) < 4.78 is 0. The zero-order chi connectivity index (χ0) is 14.2. The highest BCUT2D eigenvalue weighted by Gasteiger charge is 2.53. The summed E-state index contributed by atoms with van der Waals surface area (Å²) in [4.78, 5) is 12.0. The molecule has 0 spiro atoms. The van der Waals surface area contributed by atoms with Gasteiger partial charge in [0.25, 0.3) is 0 Å². The molecule has 4 bridgehead atoms. The van der Waals surface area contributed by atoms with Crippen molar-refractivity contribution in [3.63, 3.8) is 0 Å². The van der Waals surface area contributed by atoms with E-state index in [-0.39, 0.29) is 12.5 Å². The smallest absolute Gasteiger partial charge is 0.230 e. The maximum absolute atomic E-state index is 12.0. The normalized spacial score (nSPS) is 39.8. The minimum atomic E-state index is 0.145. The third kappa shape index (κ3) is 2.87. The van der Waals surface area contributed by atoms with Gasteiger partial charge in [0, 0.05) is 11.8 Å². The molecule has 3 nitrogen and oxygen atoms in total. The Bertz CT molecular complexity index is 336. The number of rotatable bonds is 6. The van der Waals surface area contributed by atoms with E-state index in [1.165, 1.54) is 50.3 Å². The van der Waals surface area contributed by atoms with Crippen molar-refractivity contribution < 1.29 is 9.90 Å². The van der Waals surface area contributed by atoms with Crippen molar-refractivity contribution >= 4 is 17.7 Å². The fourth-order valence-corrected chi connectivity index (χ4v) is 5.92. The van der Waals surface area contributed by atoms with Crippen LogP contribution in [-0.2, 0) is 4.79 Å². The Morgan fingerprint density at radius 1 is 1.25 bits per heavy atom. The van der Waals surface area contributed by atoms with Gasteiger partial charge in [-0.05, 0) is 68.6 Å². The number of hydrogen-bond acceptors (Lipinski definition) is 3. The Labute approximate surface area is 126 Å². The van der Waals surface area contributed by atoms with Gasteiger partial charge in [0.2, 0.25) is 5.91 Å². The number of carbonyl (C=O) groups excluding carboxylic acids is 1. The number of thioether (sulfide) groups is 1. The number of aliphatic hydroxyl groups is 1. The lowest BCUT2D eigenvalue weighted by molar-refractivity contribution is -0.123. The Morgan fingerprint density at radius 2 is 1.80 bits per heavy atom. The summed E-state index contributed by atoms with van der Waals surface area (Å²) in [5, 5.41) is 12.0. The van der Waals surface area contributed by atoms with Crippen molar-refractivity contribution in [1.29, 1.82) is 0 Å². The van der Waals surface area contributed by atoms with E-state index in [1.54, 1.807) is 0 Å². The molecule has 2 N–H and O–H groups in total. The first kappa shape index (κ1) is 14.7. The van der Waals surface area contributed by atoms with Gasteiger partial charge in [-0.25, -0.2) is 0 Å². The maximum atomic E-state index is 12.0. The van der Waals surface area contributed by atoms with Gasteiger partial charge in [-0.2, -0.15) is 0 Å². The molecule has 1 amide bonds. The van der Waals surface area contributed by atoms with Crippen molar-refractivity contribution in [2.45, 2.75) is 51.5 Å². The Hall–Kier alpha value is -0.220. The van der Waals surface area contributed by atoms with Crippen LogP contribution in [0.1, 0.15) is 45.4 Å². The van der Waals surface area contributed by atoms with E-state index in [0.717, 1.165) is 17.8 Å². The van der Waals surface area contributed by atoms with Crippen LogP contribution >= 0.6 is 11.8 Å². The summed E-state index contributed by atoms with van der Waals surface area (Å²) in [7, 11) is 0. The molecule has 0 heterocycles. The molecular formula is C16H27NO2S. The summed E-state index contributed by atoms with van der Waals surface area (Å²) in [5.41, 5.74) is 0.395. The quantitative estimate of drug-likeness (QED) is 0.740. The molecule has 4 saturated carbocycles. The highest BCUT2D eigenvalue weighted by Crippen LogP contribution is 2.61. The fourth-order valence-electron chi connectivity index (χ4n) is 5.37. The summed E-state index contributed by atoms with van der Waals surface area (Å²) in [6.07, 6.45) is 8.36. The molecule has 0 aromatic rings. The molecule has 4 aliphatic rings. The van der Waals surface area contributed by atoms with E-state index in [0.29, 0.717) is 23.0 Å². The minimum Gasteiger partial charge on any atom is -0.396 e. The lowest BCUT2D eigenvalue weighted by Gasteiger charge is -2.59. The average molecular weight is 297 g/mol. The molecule has 0 aliphatic heterocycles. The molecular weight excluding hydrogens is 270 g/mol. The van der Waals surface area contributed by atoms with Crippen LogP contribution < -0.4 is 5.32 Å². The number of aliphatic hydroxyl groups excluding tert-OH is 1. The van der Waals surface area contributed by atoms with E-state index >= 15 is 0 Å². The van der Waals surface area contributed by atoms with Crippen molar-refractivity contribution in [3.8, 4) is 0 Å². The van der Waals surface area contributed by atoms with E-state index < -0.39 is 0 Å². The first-order valence-corrected chi connectivity index (χ1v) is 9.25. The molecule has 0 aromatic carbocycles. The number of hydrogen-bond donors (Lipinski definition) is 2. The Kier molecular flexibility index (Phi) is 4.32. The van der Waals surface area contributed by atoms with Crippen molar-refractivity contribution in [2.24, 2.45) is 23.2 Å². The summed E-state index contributed by atoms with van der Waals surface area (Å²) in [6, 6.07) is 0.318. The Balaban J connectivity index is 1.56. The molecule has 0 radical (unpaired) electrons. The van der Waals surface area contributed by atoms with Crippen LogP contribution in [0.25, 0.3) is 0 Å². The van der Waals surface area contributed by atoms with E-state index in [9.17, 15) is 4.79 Å². The molecule has 4 rings (SSSR count). The molecule has 20 heavy (non-hydrogen) atoms. The van der Waals surface area contributed by atoms with Crippen molar-refractivity contribution in [2.75, 3.05) is 18.1 Å². The first-order chi connectivity index (χ1) is 9.61. The fraction of sp³-hybridized carbons (Fsp3) is 0.938. The van der Waals surface area contributed by atoms with E-state index in [1.807, 2.05) is 0 Å². The van der Waals surface area contributed by atoms with Gasteiger partial charge in [-0.15, -0.1) is 11.8 Å². The van der Waals surface area contributed by atoms with Gasteiger partial charge in [0.05, 0.1) is 12.4 Å². The van der Waals surface area contributed by atoms with Crippen LogP contribution in [0.2, 0.25) is 0 Å². The van der Waals surface area contributed by atoms with Crippen LogP contribution in [0.5, 0.6) is 0 Å². The zero-order valence-corrected chi connectivity index (χ0v) is 13.3. The molecule has 0 saturated heterocycles. The van der Waals surface area contributed by atoms with Gasteiger partial charge < -0.3 is 10.4 Å². The molecule has 0 unspecified atom stereocenters. The predicted molar refractivity (Wildman–Crippen MR) is 82.6 cm³/mol. The number of nitrogens with one attached hydrogen (secondary N) is 1. The van der Waals surface area contributed by atoms with Crippen molar-refractivity contribution in [1.82, 2.24) is 5.32 Å².